The number of methoxy groups -OCH3 is 3. The first kappa shape index (κ1) is 24.8. The van der Waals surface area contributed by atoms with Gasteiger partial charge in [-0.3, -0.25) is 0 Å². The largest absolute Gasteiger partial charge is 0.493 e. The maximum absolute atomic E-state index is 12.1. The molecule has 0 aliphatic heterocycles. The SMILES string of the molecule is COC(=O)C(=[N+]=[N-])c1cc(Br)cc(OC)c1OCc1ccc(OCc2ccccc2)c(OC)c1. The minimum atomic E-state index is -0.825. The van der Waals surface area contributed by atoms with Crippen LogP contribution in [0.2, 0.25) is 0 Å². The molecule has 0 spiro atoms. The van der Waals surface area contributed by atoms with Crippen LogP contribution in [0, 0.1) is 0 Å². The van der Waals surface area contributed by atoms with Crippen LogP contribution in [0.15, 0.2) is 65.1 Å². The number of halogens is 1. The minimum absolute atomic E-state index is 0.111. The molecule has 0 aliphatic rings. The lowest BCUT2D eigenvalue weighted by Gasteiger charge is -2.15. The summed E-state index contributed by atoms with van der Waals surface area (Å²) in [5.74, 6) is 0.871. The van der Waals surface area contributed by atoms with Crippen LogP contribution < -0.4 is 18.9 Å². The molecule has 0 aliphatic carbocycles. The van der Waals surface area contributed by atoms with Gasteiger partial charge in [-0.05, 0) is 35.4 Å². The van der Waals surface area contributed by atoms with E-state index in [1.54, 1.807) is 31.4 Å². The van der Waals surface area contributed by atoms with Crippen LogP contribution in [0.25, 0.3) is 5.53 Å². The van der Waals surface area contributed by atoms with E-state index in [0.717, 1.165) is 11.1 Å². The second-order valence-corrected chi connectivity index (χ2v) is 7.89. The van der Waals surface area contributed by atoms with Crippen molar-refractivity contribution in [2.75, 3.05) is 21.3 Å². The Labute approximate surface area is 205 Å². The van der Waals surface area contributed by atoms with Crippen molar-refractivity contribution in [1.82, 2.24) is 0 Å². The lowest BCUT2D eigenvalue weighted by atomic mass is 10.1. The number of hydrogen-bond acceptors (Lipinski definition) is 6. The zero-order chi connectivity index (χ0) is 24.5. The van der Waals surface area contributed by atoms with Crippen LogP contribution in [0.5, 0.6) is 23.0 Å². The minimum Gasteiger partial charge on any atom is -0.493 e. The number of carbonyl (C=O) groups is 1. The third-order valence-corrected chi connectivity index (χ3v) is 5.28. The van der Waals surface area contributed by atoms with Crippen LogP contribution >= 0.6 is 15.9 Å². The fourth-order valence-electron chi connectivity index (χ4n) is 3.16. The van der Waals surface area contributed by atoms with Gasteiger partial charge in [-0.2, -0.15) is 4.79 Å². The smallest absolute Gasteiger partial charge is 0.422 e. The van der Waals surface area contributed by atoms with Crippen LogP contribution in [0.3, 0.4) is 0 Å². The summed E-state index contributed by atoms with van der Waals surface area (Å²) in [4.78, 5) is 15.2. The predicted molar refractivity (Wildman–Crippen MR) is 129 cm³/mol. The monoisotopic (exact) mass is 526 g/mol. The number of ether oxygens (including phenoxy) is 5. The molecule has 0 saturated heterocycles. The van der Waals surface area contributed by atoms with Crippen molar-refractivity contribution >= 4 is 27.6 Å². The molecule has 0 unspecified atom stereocenters. The Morgan fingerprint density at radius 2 is 1.56 bits per heavy atom. The molecule has 176 valence electrons. The van der Waals surface area contributed by atoms with Crippen LogP contribution in [-0.4, -0.2) is 37.8 Å². The molecule has 0 fully saturated rings. The van der Waals surface area contributed by atoms with Gasteiger partial charge < -0.3 is 29.2 Å². The van der Waals surface area contributed by atoms with Crippen LogP contribution in [-0.2, 0) is 22.7 Å². The van der Waals surface area contributed by atoms with E-state index in [0.29, 0.717) is 28.3 Å². The quantitative estimate of drug-likeness (QED) is 0.162. The van der Waals surface area contributed by atoms with Gasteiger partial charge in [-0.15, -0.1) is 0 Å². The molecule has 0 atom stereocenters. The molecule has 0 N–H and O–H groups in total. The molecule has 0 heterocycles. The van der Waals surface area contributed by atoms with E-state index in [9.17, 15) is 10.3 Å². The van der Waals surface area contributed by atoms with Crippen molar-refractivity contribution in [3.8, 4) is 23.0 Å². The topological polar surface area (TPSA) is 99.6 Å². The Morgan fingerprint density at radius 1 is 0.853 bits per heavy atom. The normalized spacial score (nSPS) is 10.1. The Hall–Kier alpha value is -3.81. The first-order valence-electron chi connectivity index (χ1n) is 10.1. The average molecular weight is 527 g/mol. The molecule has 0 amide bonds. The Morgan fingerprint density at radius 3 is 2.21 bits per heavy atom. The van der Waals surface area contributed by atoms with Gasteiger partial charge >= 0.3 is 11.7 Å². The number of hydrogen-bond donors (Lipinski definition) is 0. The maximum atomic E-state index is 12.1. The number of nitrogens with zero attached hydrogens (tertiary/aromatic N) is 2. The first-order chi connectivity index (χ1) is 16.5. The highest BCUT2D eigenvalue weighted by molar-refractivity contribution is 9.10. The molecule has 0 saturated carbocycles. The van der Waals surface area contributed by atoms with E-state index in [1.807, 2.05) is 36.4 Å². The summed E-state index contributed by atoms with van der Waals surface area (Å²) < 4.78 is 28.1. The van der Waals surface area contributed by atoms with E-state index >= 15 is 0 Å². The first-order valence-corrected chi connectivity index (χ1v) is 10.9. The fraction of sp³-hybridized carbons (Fsp3) is 0.200. The van der Waals surface area contributed by atoms with Crippen molar-refractivity contribution in [3.05, 3.63) is 87.4 Å². The summed E-state index contributed by atoms with van der Waals surface area (Å²) in [7, 11) is 4.22. The average Bonchev–Trinajstić information content (AvgIpc) is 2.87. The fourth-order valence-corrected chi connectivity index (χ4v) is 3.60. The van der Waals surface area contributed by atoms with Crippen molar-refractivity contribution in [1.29, 1.82) is 0 Å². The van der Waals surface area contributed by atoms with E-state index in [-0.39, 0.29) is 23.6 Å². The van der Waals surface area contributed by atoms with Crippen LogP contribution in [0.4, 0.5) is 0 Å². The van der Waals surface area contributed by atoms with Crippen LogP contribution in [0.1, 0.15) is 16.7 Å². The summed E-state index contributed by atoms with van der Waals surface area (Å²) >= 11 is 3.36. The third-order valence-electron chi connectivity index (χ3n) is 4.82. The molecule has 3 aromatic rings. The molecule has 34 heavy (non-hydrogen) atoms. The van der Waals surface area contributed by atoms with Crippen molar-refractivity contribution in [2.45, 2.75) is 13.2 Å². The zero-order valence-corrected chi connectivity index (χ0v) is 20.5. The number of rotatable bonds is 10. The van der Waals surface area contributed by atoms with E-state index in [2.05, 4.69) is 20.7 Å². The number of benzene rings is 3. The lowest BCUT2D eigenvalue weighted by Crippen LogP contribution is -2.19. The molecule has 0 bridgehead atoms. The molecule has 3 rings (SSSR count). The molecule has 9 heteroatoms. The van der Waals surface area contributed by atoms with Crippen molar-refractivity contribution in [3.63, 3.8) is 0 Å². The standard InChI is InChI=1S/C25H23BrN2O6/c1-30-21-11-17(9-10-20(21)33-14-16-7-5-4-6-8-16)15-34-24-19(23(28-27)25(29)32-3)12-18(26)13-22(24)31-2/h4-13H,14-15H2,1-3H3. The molecule has 8 nitrogen and oxygen atoms in total. The summed E-state index contributed by atoms with van der Waals surface area (Å²) in [6.07, 6.45) is 0. The summed E-state index contributed by atoms with van der Waals surface area (Å²) in [5.41, 5.74) is 11.1. The number of esters is 1. The highest BCUT2D eigenvalue weighted by Gasteiger charge is 2.30. The predicted octanol–water partition coefficient (Wildman–Crippen LogP) is 4.82. The molecule has 0 radical (unpaired) electrons. The third kappa shape index (κ3) is 5.95. The van der Waals surface area contributed by atoms with Crippen molar-refractivity contribution < 1.29 is 33.3 Å². The molecular formula is C25H23BrN2O6. The van der Waals surface area contributed by atoms with Gasteiger partial charge in [0, 0.05) is 4.47 Å². The summed E-state index contributed by atoms with van der Waals surface area (Å²) in [6.45, 7) is 0.517. The Bertz CT molecular complexity index is 1210. The van der Waals surface area contributed by atoms with Gasteiger partial charge in [0.25, 0.3) is 0 Å². The van der Waals surface area contributed by atoms with Gasteiger partial charge in [0.2, 0.25) is 0 Å². The second kappa shape index (κ2) is 11.9. The van der Waals surface area contributed by atoms with Gasteiger partial charge in [0.1, 0.15) is 18.8 Å². The van der Waals surface area contributed by atoms with E-state index in [4.69, 9.17) is 23.7 Å². The summed E-state index contributed by atoms with van der Waals surface area (Å²) in [5, 5.41) is 0. The summed E-state index contributed by atoms with van der Waals surface area (Å²) in [6, 6.07) is 18.5. The van der Waals surface area contributed by atoms with Gasteiger partial charge in [-0.1, -0.05) is 52.3 Å². The van der Waals surface area contributed by atoms with E-state index < -0.39 is 5.97 Å². The molecule has 3 aromatic carbocycles. The zero-order valence-electron chi connectivity index (χ0n) is 18.9. The molecule has 0 aromatic heterocycles. The van der Waals surface area contributed by atoms with Gasteiger partial charge in [0.15, 0.2) is 23.0 Å². The highest BCUT2D eigenvalue weighted by Crippen LogP contribution is 2.36. The van der Waals surface area contributed by atoms with E-state index in [1.165, 1.54) is 14.2 Å². The van der Waals surface area contributed by atoms with Crippen molar-refractivity contribution in [2.24, 2.45) is 0 Å². The maximum Gasteiger partial charge on any atom is 0.422 e. The molecular weight excluding hydrogens is 504 g/mol. The Balaban J connectivity index is 1.84. The second-order valence-electron chi connectivity index (χ2n) is 6.97. The lowest BCUT2D eigenvalue weighted by molar-refractivity contribution is -0.137. The number of carbonyl (C=O) groups excluding carboxylic acids is 1. The Kier molecular flexibility index (Phi) is 8.67. The van der Waals surface area contributed by atoms with Gasteiger partial charge in [-0.25, -0.2) is 4.79 Å². The highest BCUT2D eigenvalue weighted by atomic mass is 79.9. The van der Waals surface area contributed by atoms with Gasteiger partial charge in [0.05, 0.1) is 21.3 Å².